The van der Waals surface area contributed by atoms with Crippen LogP contribution in [0.3, 0.4) is 0 Å². The summed E-state index contributed by atoms with van der Waals surface area (Å²) in [5, 5.41) is 7.78. The van der Waals surface area contributed by atoms with Crippen molar-refractivity contribution in [1.82, 2.24) is 10.2 Å². The van der Waals surface area contributed by atoms with Gasteiger partial charge in [0.2, 0.25) is 0 Å². The highest BCUT2D eigenvalue weighted by Crippen LogP contribution is 2.35. The molecule has 3 rings (SSSR count). The lowest BCUT2D eigenvalue weighted by atomic mass is 9.99. The fourth-order valence-electron chi connectivity index (χ4n) is 1.90. The van der Waals surface area contributed by atoms with E-state index in [1.165, 1.54) is 36.1 Å². The zero-order valence-corrected chi connectivity index (χ0v) is 10.4. The van der Waals surface area contributed by atoms with Crippen molar-refractivity contribution >= 4 is 27.3 Å². The quantitative estimate of drug-likeness (QED) is 0.805. The molecule has 5 heteroatoms. The Morgan fingerprint density at radius 3 is 2.87 bits per heavy atom. The van der Waals surface area contributed by atoms with Crippen molar-refractivity contribution in [3.63, 3.8) is 0 Å². The molecule has 2 heterocycles. The number of thiophene rings is 1. The number of aromatic nitrogens is 2. The molecule has 0 aliphatic heterocycles. The van der Waals surface area contributed by atoms with Gasteiger partial charge in [-0.3, -0.25) is 0 Å². The Morgan fingerprint density at radius 1 is 1.27 bits per heavy atom. The highest BCUT2D eigenvalue weighted by molar-refractivity contribution is 9.10. The van der Waals surface area contributed by atoms with Gasteiger partial charge >= 0.3 is 0 Å². The van der Waals surface area contributed by atoms with E-state index in [9.17, 15) is 0 Å². The summed E-state index contributed by atoms with van der Waals surface area (Å²) in [4.78, 5) is 3.04. The molecule has 0 saturated heterocycles. The Balaban J connectivity index is 2.02. The van der Waals surface area contributed by atoms with Crippen molar-refractivity contribution < 1.29 is 4.42 Å². The summed E-state index contributed by atoms with van der Waals surface area (Å²) in [5.41, 5.74) is 1.47. The largest absolute Gasteiger partial charge is 0.410 e. The van der Waals surface area contributed by atoms with Gasteiger partial charge in [-0.15, -0.1) is 21.5 Å². The molecule has 2 aromatic heterocycles. The van der Waals surface area contributed by atoms with E-state index < -0.39 is 0 Å². The zero-order valence-electron chi connectivity index (χ0n) is 7.99. The molecule has 0 N–H and O–H groups in total. The number of fused-ring (bicyclic) bond motifs is 1. The molecule has 0 amide bonds. The van der Waals surface area contributed by atoms with Gasteiger partial charge < -0.3 is 4.42 Å². The molecule has 0 spiro atoms. The minimum Gasteiger partial charge on any atom is -0.410 e. The molecular formula is C10H9BrN2OS. The molecule has 15 heavy (non-hydrogen) atoms. The van der Waals surface area contributed by atoms with E-state index in [4.69, 9.17) is 4.42 Å². The fourth-order valence-corrected chi connectivity index (χ4v) is 3.31. The number of halogens is 1. The van der Waals surface area contributed by atoms with E-state index >= 15 is 0 Å². The Hall–Kier alpha value is -0.680. The van der Waals surface area contributed by atoms with Crippen molar-refractivity contribution in [2.24, 2.45) is 0 Å². The van der Waals surface area contributed by atoms with Crippen LogP contribution in [-0.2, 0) is 12.8 Å². The highest BCUT2D eigenvalue weighted by Gasteiger charge is 2.16. The van der Waals surface area contributed by atoms with Crippen LogP contribution < -0.4 is 0 Å². The SMILES string of the molecule is Brc1nnc(-c2cc3c(s2)CCCC3)o1. The second kappa shape index (κ2) is 3.72. The van der Waals surface area contributed by atoms with Crippen molar-refractivity contribution in [2.45, 2.75) is 25.7 Å². The number of hydrogen-bond donors (Lipinski definition) is 0. The Labute approximate surface area is 99.7 Å². The average Bonchev–Trinajstić information content (AvgIpc) is 2.82. The van der Waals surface area contributed by atoms with Crippen molar-refractivity contribution in [3.8, 4) is 10.8 Å². The summed E-state index contributed by atoms with van der Waals surface area (Å²) in [5.74, 6) is 0.626. The van der Waals surface area contributed by atoms with Crippen LogP contribution in [0.5, 0.6) is 0 Å². The van der Waals surface area contributed by atoms with E-state index in [-0.39, 0.29) is 0 Å². The lowest BCUT2D eigenvalue weighted by Gasteiger charge is -2.08. The molecule has 0 aromatic carbocycles. The first kappa shape index (κ1) is 9.54. The summed E-state index contributed by atoms with van der Waals surface area (Å²) in [6, 6.07) is 2.19. The fraction of sp³-hybridized carbons (Fsp3) is 0.400. The molecule has 2 aromatic rings. The predicted octanol–water partition coefficient (Wildman–Crippen LogP) is 3.44. The minimum atomic E-state index is 0.448. The van der Waals surface area contributed by atoms with Gasteiger partial charge in [0.1, 0.15) is 0 Å². The van der Waals surface area contributed by atoms with E-state index in [1.807, 2.05) is 0 Å². The van der Waals surface area contributed by atoms with Gasteiger partial charge in [-0.25, -0.2) is 0 Å². The monoisotopic (exact) mass is 284 g/mol. The highest BCUT2D eigenvalue weighted by atomic mass is 79.9. The maximum Gasteiger partial charge on any atom is 0.285 e. The number of hydrogen-bond acceptors (Lipinski definition) is 4. The lowest BCUT2D eigenvalue weighted by molar-refractivity contribution is 0.541. The third-order valence-corrected chi connectivity index (χ3v) is 4.15. The van der Waals surface area contributed by atoms with Gasteiger partial charge in [-0.2, -0.15) is 0 Å². The van der Waals surface area contributed by atoms with Crippen LogP contribution in [0, 0.1) is 0 Å². The van der Waals surface area contributed by atoms with E-state index in [2.05, 4.69) is 32.2 Å². The van der Waals surface area contributed by atoms with Gasteiger partial charge in [0.05, 0.1) is 4.88 Å². The Bertz CT molecular complexity index is 468. The summed E-state index contributed by atoms with van der Waals surface area (Å²) in [6.45, 7) is 0. The van der Waals surface area contributed by atoms with Gasteiger partial charge in [-0.1, -0.05) is 0 Å². The Morgan fingerprint density at radius 2 is 2.13 bits per heavy atom. The smallest absolute Gasteiger partial charge is 0.285 e. The van der Waals surface area contributed by atoms with Crippen molar-refractivity contribution in [2.75, 3.05) is 0 Å². The third-order valence-electron chi connectivity index (χ3n) is 2.61. The van der Waals surface area contributed by atoms with Gasteiger partial charge in [0.15, 0.2) is 0 Å². The second-order valence-corrected chi connectivity index (χ2v) is 5.44. The molecule has 3 nitrogen and oxygen atoms in total. The lowest BCUT2D eigenvalue weighted by Crippen LogP contribution is -1.96. The maximum atomic E-state index is 5.35. The first-order chi connectivity index (χ1) is 7.33. The Kier molecular flexibility index (Phi) is 2.36. The van der Waals surface area contributed by atoms with E-state index in [0.717, 1.165) is 4.88 Å². The van der Waals surface area contributed by atoms with Gasteiger partial charge in [-0.05, 0) is 37.3 Å². The van der Waals surface area contributed by atoms with Crippen LogP contribution in [0.15, 0.2) is 15.3 Å². The van der Waals surface area contributed by atoms with Gasteiger partial charge in [0, 0.05) is 20.8 Å². The van der Waals surface area contributed by atoms with Crippen molar-refractivity contribution in [1.29, 1.82) is 0 Å². The molecule has 78 valence electrons. The molecule has 0 unspecified atom stereocenters. The third kappa shape index (κ3) is 1.74. The first-order valence-electron chi connectivity index (χ1n) is 4.94. The second-order valence-electron chi connectivity index (χ2n) is 3.63. The molecule has 0 radical (unpaired) electrons. The molecule has 1 aliphatic carbocycles. The number of nitrogens with zero attached hydrogens (tertiary/aromatic N) is 2. The molecular weight excluding hydrogens is 276 g/mol. The zero-order chi connectivity index (χ0) is 10.3. The number of aryl methyl sites for hydroxylation is 2. The van der Waals surface area contributed by atoms with Crippen LogP contribution in [0.1, 0.15) is 23.3 Å². The first-order valence-corrected chi connectivity index (χ1v) is 6.55. The average molecular weight is 285 g/mol. The van der Waals surface area contributed by atoms with E-state index in [1.54, 1.807) is 11.3 Å². The maximum absolute atomic E-state index is 5.35. The molecule has 0 saturated carbocycles. The molecule has 0 bridgehead atoms. The van der Waals surface area contributed by atoms with Crippen LogP contribution in [0.4, 0.5) is 0 Å². The van der Waals surface area contributed by atoms with Crippen LogP contribution in [0.25, 0.3) is 10.8 Å². The summed E-state index contributed by atoms with van der Waals surface area (Å²) in [6.07, 6.45) is 5.01. The van der Waals surface area contributed by atoms with Crippen LogP contribution in [0.2, 0.25) is 0 Å². The van der Waals surface area contributed by atoms with Crippen LogP contribution >= 0.6 is 27.3 Å². The van der Waals surface area contributed by atoms with Crippen LogP contribution in [-0.4, -0.2) is 10.2 Å². The predicted molar refractivity (Wildman–Crippen MR) is 62.0 cm³/mol. The topological polar surface area (TPSA) is 38.9 Å². The molecule has 1 aliphatic rings. The normalized spacial score (nSPS) is 15.3. The summed E-state index contributed by atoms with van der Waals surface area (Å²) >= 11 is 4.95. The minimum absolute atomic E-state index is 0.448. The van der Waals surface area contributed by atoms with Gasteiger partial charge in [0.25, 0.3) is 10.7 Å². The van der Waals surface area contributed by atoms with Crippen molar-refractivity contribution in [3.05, 3.63) is 21.3 Å². The van der Waals surface area contributed by atoms with E-state index in [0.29, 0.717) is 10.7 Å². The molecule has 0 fully saturated rings. The molecule has 0 atom stereocenters. The standard InChI is InChI=1S/C10H9BrN2OS/c11-10-13-12-9(14-10)8-5-6-3-1-2-4-7(6)15-8/h5H,1-4H2. The summed E-state index contributed by atoms with van der Waals surface area (Å²) in [7, 11) is 0. The number of rotatable bonds is 1. The summed E-state index contributed by atoms with van der Waals surface area (Å²) < 4.78 is 5.35.